The lowest BCUT2D eigenvalue weighted by atomic mass is 9.92. The molecule has 0 unspecified atom stereocenters. The first-order chi connectivity index (χ1) is 15.3. The van der Waals surface area contributed by atoms with Crippen LogP contribution in [-0.2, 0) is 14.4 Å². The smallest absolute Gasteiger partial charge is 0.405 e. The molecule has 0 N–H and O–H groups in total. The molecule has 4 rings (SSSR count). The van der Waals surface area contributed by atoms with E-state index in [0.717, 1.165) is 30.3 Å². The summed E-state index contributed by atoms with van der Waals surface area (Å²) in [5.41, 5.74) is -1.43. The quantitative estimate of drug-likeness (QED) is 0.195. The number of fused-ring (bicyclic) bond motifs is 2. The van der Waals surface area contributed by atoms with Crippen LogP contribution in [0.2, 0.25) is 0 Å². The van der Waals surface area contributed by atoms with Gasteiger partial charge < -0.3 is 4.74 Å². The molecular weight excluding hydrogens is 538 g/mol. The van der Waals surface area contributed by atoms with E-state index < -0.39 is 32.1 Å². The van der Waals surface area contributed by atoms with Gasteiger partial charge in [0.25, 0.3) is 0 Å². The third-order valence-electron chi connectivity index (χ3n) is 4.94. The molecule has 0 radical (unpaired) electrons. The number of benzene rings is 4. The lowest BCUT2D eigenvalue weighted by Gasteiger charge is -2.19. The molecule has 0 atom stereocenters. The van der Waals surface area contributed by atoms with Crippen LogP contribution in [-0.4, -0.2) is 14.8 Å². The summed E-state index contributed by atoms with van der Waals surface area (Å²) in [4.78, 5) is -0.361. The van der Waals surface area contributed by atoms with Gasteiger partial charge in [-0.25, -0.2) is 8.42 Å². The summed E-state index contributed by atoms with van der Waals surface area (Å²) >= 11 is 2.57. The summed E-state index contributed by atoms with van der Waals surface area (Å²) in [6.45, 7) is 0. The van der Waals surface area contributed by atoms with Gasteiger partial charge >= 0.3 is 12.5 Å². The molecule has 11 heteroatoms. The largest absolute Gasteiger partial charge is 0.573 e. The minimum atomic E-state index is -5.13. The van der Waals surface area contributed by atoms with E-state index >= 15 is 0 Å². The van der Waals surface area contributed by atoms with E-state index in [-0.39, 0.29) is 32.2 Å². The van der Waals surface area contributed by atoms with E-state index in [1.807, 2.05) is 0 Å². The first-order valence-corrected chi connectivity index (χ1v) is 12.4. The maximum absolute atomic E-state index is 13.2. The summed E-state index contributed by atoms with van der Waals surface area (Å²) in [6, 6.07) is 13.5. The molecule has 0 saturated carbocycles. The van der Waals surface area contributed by atoms with Crippen molar-refractivity contribution in [2.45, 2.75) is 17.4 Å². The maximum atomic E-state index is 13.2. The monoisotopic (exact) mass is 548 g/mol. The second-order valence-electron chi connectivity index (χ2n) is 7.02. The molecule has 0 fully saturated rings. The van der Waals surface area contributed by atoms with Gasteiger partial charge in [-0.3, -0.25) is 0 Å². The minimum Gasteiger partial charge on any atom is -0.405 e. The van der Waals surface area contributed by atoms with Crippen molar-refractivity contribution in [1.29, 1.82) is 0 Å². The van der Waals surface area contributed by atoms with Crippen LogP contribution < -0.4 is 4.74 Å². The lowest BCUT2D eigenvalue weighted by molar-refractivity contribution is -0.274. The number of alkyl halides is 6. The van der Waals surface area contributed by atoms with Crippen LogP contribution in [0.5, 0.6) is 5.75 Å². The van der Waals surface area contributed by atoms with Gasteiger partial charge in [0, 0.05) is 11.1 Å². The Morgan fingerprint density at radius 3 is 2.00 bits per heavy atom. The van der Waals surface area contributed by atoms with E-state index in [4.69, 9.17) is 0 Å². The maximum Gasteiger partial charge on any atom is 0.573 e. The minimum absolute atomic E-state index is 0.0415. The Morgan fingerprint density at radius 2 is 1.36 bits per heavy atom. The molecule has 3 nitrogen and oxygen atoms in total. The van der Waals surface area contributed by atoms with Gasteiger partial charge in [0.15, 0.2) is 0 Å². The van der Waals surface area contributed by atoms with Gasteiger partial charge in [0.1, 0.15) is 5.75 Å². The van der Waals surface area contributed by atoms with Crippen LogP contribution >= 0.6 is 14.8 Å². The molecule has 33 heavy (non-hydrogen) atoms. The molecule has 0 aliphatic heterocycles. The van der Waals surface area contributed by atoms with Crippen molar-refractivity contribution >= 4 is 44.6 Å². The van der Waals surface area contributed by atoms with Crippen molar-refractivity contribution in [3.63, 3.8) is 0 Å². The number of ether oxygens (including phenoxy) is 1. The number of halogens is 7. The molecule has 4 aromatic rings. The van der Waals surface area contributed by atoms with E-state index in [1.54, 1.807) is 18.2 Å². The van der Waals surface area contributed by atoms with Gasteiger partial charge in [0.05, 0.1) is 25.3 Å². The SMILES string of the molecule is O=S(=O)(Br)c1ccc2ccccc2c1-c1c(OC(F)(F)F)ccc2cc(C(F)(F)F)ccc12. The van der Waals surface area contributed by atoms with Crippen molar-refractivity contribution < 1.29 is 39.5 Å². The number of hydrogen-bond donors (Lipinski definition) is 0. The van der Waals surface area contributed by atoms with Crippen LogP contribution in [0.4, 0.5) is 26.3 Å². The van der Waals surface area contributed by atoms with Crippen LogP contribution in [0.25, 0.3) is 32.7 Å². The zero-order valence-electron chi connectivity index (χ0n) is 16.1. The topological polar surface area (TPSA) is 43.4 Å². The predicted molar refractivity (Wildman–Crippen MR) is 115 cm³/mol. The average Bonchev–Trinajstić information content (AvgIpc) is 2.70. The average molecular weight is 549 g/mol. The second-order valence-corrected chi connectivity index (χ2v) is 10.9. The Labute approximate surface area is 190 Å². The highest BCUT2D eigenvalue weighted by molar-refractivity contribution is 9.47. The zero-order chi connectivity index (χ0) is 24.2. The fourth-order valence-electron chi connectivity index (χ4n) is 3.67. The summed E-state index contributed by atoms with van der Waals surface area (Å²) < 4.78 is 108. The Bertz CT molecular complexity index is 1490. The van der Waals surface area contributed by atoms with E-state index in [1.165, 1.54) is 18.2 Å². The summed E-state index contributed by atoms with van der Waals surface area (Å²) in [5.74, 6) is -0.747. The standard InChI is InChI=1S/C22H11BrF6O3S/c23-33(30,31)18-10-6-12-3-1-2-4-15(12)20(18)19-16-8-7-14(21(24,25)26)11-13(16)5-9-17(19)32-22(27,28)29/h1-11H. The lowest BCUT2D eigenvalue weighted by Crippen LogP contribution is -2.18. The highest BCUT2D eigenvalue weighted by atomic mass is 79.9. The third-order valence-corrected chi connectivity index (χ3v) is 6.85. The fraction of sp³-hybridized carbons (Fsp3) is 0.0909. The van der Waals surface area contributed by atoms with Crippen LogP contribution in [0.15, 0.2) is 71.6 Å². The molecule has 0 spiro atoms. The summed E-state index contributed by atoms with van der Waals surface area (Å²) in [7, 11) is -4.14. The molecule has 0 bridgehead atoms. The fourth-order valence-corrected chi connectivity index (χ4v) is 5.16. The molecule has 0 aromatic heterocycles. The molecule has 172 valence electrons. The summed E-state index contributed by atoms with van der Waals surface area (Å²) in [6.07, 6.45) is -9.81. The van der Waals surface area contributed by atoms with Gasteiger partial charge in [-0.2, -0.15) is 13.2 Å². The highest BCUT2D eigenvalue weighted by Crippen LogP contribution is 2.46. The van der Waals surface area contributed by atoms with Crippen molar-refractivity contribution in [3.8, 4) is 16.9 Å². The Kier molecular flexibility index (Phi) is 5.60. The molecular formula is C22H11BrF6O3S. The van der Waals surface area contributed by atoms with Crippen molar-refractivity contribution in [1.82, 2.24) is 0 Å². The highest BCUT2D eigenvalue weighted by Gasteiger charge is 2.35. The molecule has 0 amide bonds. The van der Waals surface area contributed by atoms with E-state index in [2.05, 4.69) is 19.5 Å². The first kappa shape index (κ1) is 23.4. The van der Waals surface area contributed by atoms with Crippen LogP contribution in [0.1, 0.15) is 5.56 Å². The molecule has 0 aliphatic carbocycles. The Balaban J connectivity index is 2.20. The molecule has 0 heterocycles. The van der Waals surface area contributed by atoms with E-state index in [9.17, 15) is 34.8 Å². The molecule has 0 aliphatic rings. The van der Waals surface area contributed by atoms with Gasteiger partial charge in [0.2, 0.25) is 8.27 Å². The van der Waals surface area contributed by atoms with Gasteiger partial charge in [-0.15, -0.1) is 13.2 Å². The predicted octanol–water partition coefficient (Wildman–Crippen LogP) is 7.66. The normalized spacial score (nSPS) is 12.9. The molecule has 0 saturated heterocycles. The molecule has 4 aromatic carbocycles. The van der Waals surface area contributed by atoms with E-state index in [0.29, 0.717) is 5.39 Å². The van der Waals surface area contributed by atoms with Crippen LogP contribution in [0, 0.1) is 0 Å². The van der Waals surface area contributed by atoms with Gasteiger partial charge in [-0.05, 0) is 45.8 Å². The van der Waals surface area contributed by atoms with Crippen molar-refractivity contribution in [2.75, 3.05) is 0 Å². The number of hydrogen-bond acceptors (Lipinski definition) is 3. The van der Waals surface area contributed by atoms with Crippen molar-refractivity contribution in [3.05, 3.63) is 72.3 Å². The second kappa shape index (κ2) is 7.91. The Morgan fingerprint density at radius 1 is 0.727 bits per heavy atom. The summed E-state index contributed by atoms with van der Waals surface area (Å²) in [5, 5.41) is 0.699. The zero-order valence-corrected chi connectivity index (χ0v) is 18.5. The number of rotatable bonds is 3. The van der Waals surface area contributed by atoms with Crippen LogP contribution in [0.3, 0.4) is 0 Å². The van der Waals surface area contributed by atoms with Gasteiger partial charge in [-0.1, -0.05) is 42.5 Å². The first-order valence-electron chi connectivity index (χ1n) is 9.12. The van der Waals surface area contributed by atoms with Crippen molar-refractivity contribution in [2.24, 2.45) is 0 Å². The third kappa shape index (κ3) is 4.65. The Hall–Kier alpha value is -2.79.